The van der Waals surface area contributed by atoms with Gasteiger partial charge in [-0.15, -0.1) is 0 Å². The molecule has 1 aromatic heterocycles. The van der Waals surface area contributed by atoms with Crippen molar-refractivity contribution in [3.63, 3.8) is 0 Å². The zero-order chi connectivity index (χ0) is 8.27. The number of carbonyl (C=O) groups excluding carboxylic acids is 1. The van der Waals surface area contributed by atoms with Gasteiger partial charge in [0.1, 0.15) is 0 Å². The van der Waals surface area contributed by atoms with E-state index in [-0.39, 0.29) is 5.91 Å². The highest BCUT2D eigenvalue weighted by molar-refractivity contribution is 7.78. The molecule has 0 spiro atoms. The van der Waals surface area contributed by atoms with Crippen molar-refractivity contribution in [2.45, 2.75) is 13.5 Å². The van der Waals surface area contributed by atoms with Crippen LogP contribution in [0, 0.1) is 0 Å². The maximum absolute atomic E-state index is 10.9. The number of carbonyl (C=O) groups is 1. The predicted molar refractivity (Wildman–Crippen MR) is 44.4 cm³/mol. The standard InChI is InChI=1S/C6H9N3OS/c1-2-9-4-3-5(7-9)6(10)8-11/h3-4,11H,2H2,1H3,(H,8,10). The third-order valence-electron chi connectivity index (χ3n) is 1.30. The summed E-state index contributed by atoms with van der Waals surface area (Å²) in [7, 11) is 0. The number of thiol groups is 1. The maximum atomic E-state index is 10.9. The second-order valence-electron chi connectivity index (χ2n) is 2.00. The largest absolute Gasteiger partial charge is 0.297 e. The van der Waals surface area contributed by atoms with E-state index in [9.17, 15) is 4.79 Å². The Morgan fingerprint density at radius 1 is 1.91 bits per heavy atom. The summed E-state index contributed by atoms with van der Waals surface area (Å²) in [6.07, 6.45) is 1.75. The number of amides is 1. The van der Waals surface area contributed by atoms with Crippen molar-refractivity contribution in [1.29, 1.82) is 0 Å². The fourth-order valence-electron chi connectivity index (χ4n) is 0.716. The molecule has 5 heteroatoms. The summed E-state index contributed by atoms with van der Waals surface area (Å²) in [6.45, 7) is 2.72. The molecule has 0 saturated carbocycles. The molecule has 4 nitrogen and oxygen atoms in total. The predicted octanol–water partition coefficient (Wildman–Crippen LogP) is 0.478. The highest BCUT2D eigenvalue weighted by Gasteiger charge is 2.05. The first kappa shape index (κ1) is 8.13. The molecule has 0 aliphatic heterocycles. The van der Waals surface area contributed by atoms with Crippen LogP contribution in [0.3, 0.4) is 0 Å². The van der Waals surface area contributed by atoms with Crippen molar-refractivity contribution in [1.82, 2.24) is 14.5 Å². The normalized spacial score (nSPS) is 9.64. The van der Waals surface area contributed by atoms with Gasteiger partial charge in [-0.25, -0.2) is 0 Å². The molecule has 1 amide bonds. The molecule has 0 aromatic carbocycles. The van der Waals surface area contributed by atoms with Crippen LogP contribution in [0.5, 0.6) is 0 Å². The first-order valence-electron chi connectivity index (χ1n) is 3.25. The summed E-state index contributed by atoms with van der Waals surface area (Å²) >= 11 is 3.62. The lowest BCUT2D eigenvalue weighted by Crippen LogP contribution is -2.13. The molecular weight excluding hydrogens is 162 g/mol. The second kappa shape index (κ2) is 3.43. The van der Waals surface area contributed by atoms with E-state index in [4.69, 9.17) is 0 Å². The minimum atomic E-state index is -0.277. The van der Waals surface area contributed by atoms with Gasteiger partial charge in [0.25, 0.3) is 5.91 Å². The number of rotatable bonds is 2. The lowest BCUT2D eigenvalue weighted by molar-refractivity contribution is 0.0979. The molecule has 0 bridgehead atoms. The molecule has 1 aromatic rings. The molecule has 1 rings (SSSR count). The number of hydrogen-bond donors (Lipinski definition) is 2. The van der Waals surface area contributed by atoms with Crippen LogP contribution in [0.2, 0.25) is 0 Å². The molecule has 1 heterocycles. The van der Waals surface area contributed by atoms with Crippen molar-refractivity contribution in [3.8, 4) is 0 Å². The molecule has 1 N–H and O–H groups in total. The summed E-state index contributed by atoms with van der Waals surface area (Å²) in [5, 5.41) is 3.96. The zero-order valence-electron chi connectivity index (χ0n) is 6.11. The van der Waals surface area contributed by atoms with Crippen LogP contribution in [-0.2, 0) is 6.54 Å². The van der Waals surface area contributed by atoms with Gasteiger partial charge in [-0.3, -0.25) is 14.2 Å². The van der Waals surface area contributed by atoms with Gasteiger partial charge in [-0.2, -0.15) is 5.10 Å². The van der Waals surface area contributed by atoms with Crippen molar-refractivity contribution >= 4 is 18.7 Å². The Morgan fingerprint density at radius 3 is 3.09 bits per heavy atom. The van der Waals surface area contributed by atoms with E-state index < -0.39 is 0 Å². The van der Waals surface area contributed by atoms with Crippen molar-refractivity contribution in [3.05, 3.63) is 18.0 Å². The van der Waals surface area contributed by atoms with Gasteiger partial charge < -0.3 is 0 Å². The van der Waals surface area contributed by atoms with Crippen LogP contribution in [0.15, 0.2) is 12.3 Å². The van der Waals surface area contributed by atoms with Crippen LogP contribution < -0.4 is 4.72 Å². The van der Waals surface area contributed by atoms with E-state index >= 15 is 0 Å². The highest BCUT2D eigenvalue weighted by atomic mass is 32.1. The average Bonchev–Trinajstić information content (AvgIpc) is 2.50. The fourth-order valence-corrected chi connectivity index (χ4v) is 0.831. The molecular formula is C6H9N3OS. The van der Waals surface area contributed by atoms with Gasteiger partial charge in [0.2, 0.25) is 0 Å². The number of nitrogens with one attached hydrogen (secondary N) is 1. The first-order chi connectivity index (χ1) is 5.27. The van der Waals surface area contributed by atoms with E-state index in [0.29, 0.717) is 5.69 Å². The van der Waals surface area contributed by atoms with Crippen LogP contribution >= 0.6 is 12.8 Å². The topological polar surface area (TPSA) is 46.9 Å². The van der Waals surface area contributed by atoms with Crippen LogP contribution in [0.25, 0.3) is 0 Å². The molecule has 0 atom stereocenters. The molecule has 0 radical (unpaired) electrons. The lowest BCUT2D eigenvalue weighted by atomic mass is 10.4. The Morgan fingerprint density at radius 2 is 2.64 bits per heavy atom. The molecule has 11 heavy (non-hydrogen) atoms. The van der Waals surface area contributed by atoms with E-state index in [0.717, 1.165) is 6.54 Å². The molecule has 0 saturated heterocycles. The average molecular weight is 171 g/mol. The quantitative estimate of drug-likeness (QED) is 0.636. The highest BCUT2D eigenvalue weighted by Crippen LogP contribution is 1.95. The second-order valence-corrected chi connectivity index (χ2v) is 2.22. The van der Waals surface area contributed by atoms with E-state index in [1.54, 1.807) is 16.9 Å². The summed E-state index contributed by atoms with van der Waals surface area (Å²) in [5.41, 5.74) is 0.391. The molecule has 0 aliphatic rings. The first-order valence-corrected chi connectivity index (χ1v) is 3.70. The number of nitrogens with zero attached hydrogens (tertiary/aromatic N) is 2. The fraction of sp³-hybridized carbons (Fsp3) is 0.333. The van der Waals surface area contributed by atoms with Crippen molar-refractivity contribution < 1.29 is 4.79 Å². The molecule has 0 unspecified atom stereocenters. The van der Waals surface area contributed by atoms with E-state index in [1.165, 1.54) is 0 Å². The molecule has 0 aliphatic carbocycles. The van der Waals surface area contributed by atoms with Gasteiger partial charge in [0.05, 0.1) is 0 Å². The third kappa shape index (κ3) is 1.74. The third-order valence-corrected chi connectivity index (χ3v) is 1.50. The van der Waals surface area contributed by atoms with Crippen LogP contribution in [0.1, 0.15) is 17.4 Å². The Labute approximate surface area is 70.1 Å². The number of aromatic nitrogens is 2. The Hall–Kier alpha value is -0.970. The zero-order valence-corrected chi connectivity index (χ0v) is 7.01. The van der Waals surface area contributed by atoms with Crippen molar-refractivity contribution in [2.24, 2.45) is 0 Å². The van der Waals surface area contributed by atoms with E-state index in [2.05, 4.69) is 22.6 Å². The van der Waals surface area contributed by atoms with Crippen molar-refractivity contribution in [2.75, 3.05) is 0 Å². The maximum Gasteiger partial charge on any atom is 0.281 e. The van der Waals surface area contributed by atoms with Gasteiger partial charge in [0, 0.05) is 12.7 Å². The lowest BCUT2D eigenvalue weighted by Gasteiger charge is -1.92. The van der Waals surface area contributed by atoms with E-state index in [1.807, 2.05) is 6.92 Å². The Balaban J connectivity index is 2.80. The Kier molecular flexibility index (Phi) is 2.53. The van der Waals surface area contributed by atoms with Gasteiger partial charge in [-0.1, -0.05) is 12.8 Å². The van der Waals surface area contributed by atoms with Gasteiger partial charge in [-0.05, 0) is 13.0 Å². The monoisotopic (exact) mass is 171 g/mol. The Bertz CT molecular complexity index is 258. The molecule has 60 valence electrons. The van der Waals surface area contributed by atoms with Gasteiger partial charge in [0.15, 0.2) is 5.69 Å². The van der Waals surface area contributed by atoms with Crippen LogP contribution in [0.4, 0.5) is 0 Å². The van der Waals surface area contributed by atoms with Crippen LogP contribution in [-0.4, -0.2) is 15.7 Å². The summed E-state index contributed by atoms with van der Waals surface area (Å²) < 4.78 is 3.88. The summed E-state index contributed by atoms with van der Waals surface area (Å²) in [4.78, 5) is 10.9. The summed E-state index contributed by atoms with van der Waals surface area (Å²) in [6, 6.07) is 1.65. The smallest absolute Gasteiger partial charge is 0.281 e. The van der Waals surface area contributed by atoms with Gasteiger partial charge >= 0.3 is 0 Å². The number of aryl methyl sites for hydroxylation is 1. The summed E-state index contributed by atoms with van der Waals surface area (Å²) in [5.74, 6) is -0.277. The molecule has 0 fully saturated rings. The number of hydrogen-bond acceptors (Lipinski definition) is 3. The SMILES string of the molecule is CCn1ccc(C(=O)NS)n1. The minimum absolute atomic E-state index is 0.277. The minimum Gasteiger partial charge on any atom is -0.297 e.